The van der Waals surface area contributed by atoms with Crippen LogP contribution in [0.25, 0.3) is 0 Å². The molecule has 1 saturated heterocycles. The van der Waals surface area contributed by atoms with E-state index >= 15 is 0 Å². The number of piperidine rings is 1. The number of nitrogens with zero attached hydrogens (tertiary/aromatic N) is 3. The lowest BCUT2D eigenvalue weighted by atomic mass is 9.75. The number of rotatable bonds is 4. The molecule has 8 nitrogen and oxygen atoms in total. The molecule has 1 amide bonds. The van der Waals surface area contributed by atoms with Gasteiger partial charge in [0, 0.05) is 30.3 Å². The molecule has 2 aromatic rings. The van der Waals surface area contributed by atoms with Crippen LogP contribution in [0.15, 0.2) is 34.3 Å². The highest BCUT2D eigenvalue weighted by atomic mass is 35.5. The highest BCUT2D eigenvalue weighted by Gasteiger charge is 2.44. The largest absolute Gasteiger partial charge is 0.443 e. The summed E-state index contributed by atoms with van der Waals surface area (Å²) in [5, 5.41) is 1.03. The second kappa shape index (κ2) is 8.63. The summed E-state index contributed by atoms with van der Waals surface area (Å²) in [6.07, 6.45) is 2.21. The lowest BCUT2D eigenvalue weighted by Gasteiger charge is -2.49. The number of benzene rings is 1. The fraction of sp³-hybridized carbons (Fsp3) is 0.476. The van der Waals surface area contributed by atoms with Crippen molar-refractivity contribution < 1.29 is 9.53 Å². The summed E-state index contributed by atoms with van der Waals surface area (Å²) in [6, 6.07) is 5.47. The van der Waals surface area contributed by atoms with E-state index in [1.165, 1.54) is 11.8 Å². The molecule has 1 aromatic carbocycles. The normalized spacial score (nSPS) is 21.7. The average molecular weight is 465 g/mol. The van der Waals surface area contributed by atoms with Crippen LogP contribution < -0.4 is 22.1 Å². The van der Waals surface area contributed by atoms with E-state index < -0.39 is 11.7 Å². The summed E-state index contributed by atoms with van der Waals surface area (Å²) in [5.74, 6) is 0.997. The predicted octanol–water partition coefficient (Wildman–Crippen LogP) is 4.31. The molecule has 0 bridgehead atoms. The summed E-state index contributed by atoms with van der Waals surface area (Å²) in [5.41, 5.74) is 17.2. The highest BCUT2D eigenvalue weighted by Crippen LogP contribution is 2.41. The minimum absolute atomic E-state index is 0.0427. The van der Waals surface area contributed by atoms with Crippen molar-refractivity contribution in [1.29, 1.82) is 0 Å². The Morgan fingerprint density at radius 1 is 1.35 bits per heavy atom. The Kier molecular flexibility index (Phi) is 6.48. The second-order valence-corrected chi connectivity index (χ2v) is 10.5. The highest BCUT2D eigenvalue weighted by molar-refractivity contribution is 7.99. The molecule has 10 heteroatoms. The van der Waals surface area contributed by atoms with Gasteiger partial charge in [-0.25, -0.2) is 14.8 Å². The molecule has 1 aliphatic heterocycles. The van der Waals surface area contributed by atoms with Gasteiger partial charge in [0.15, 0.2) is 5.82 Å². The van der Waals surface area contributed by atoms with E-state index in [9.17, 15) is 4.79 Å². The summed E-state index contributed by atoms with van der Waals surface area (Å²) in [4.78, 5) is 23.5. The maximum atomic E-state index is 11.4. The standard InChI is InChI=1S/C21H29ClN6O2S/c1-20(2,3)14-10-21(4,30-19(25)29)8-9-28(14)15-11-26-18(17(24)27-15)31-13-7-5-6-12(23)16(13)22/h5-7,11,14H,8-10,23H2,1-4H3,(H2,24,27)(H2,25,29). The number of primary amides is 1. The lowest BCUT2D eigenvalue weighted by molar-refractivity contribution is -0.00950. The third-order valence-corrected chi connectivity index (χ3v) is 7.08. The van der Waals surface area contributed by atoms with Crippen LogP contribution in [-0.2, 0) is 4.74 Å². The first-order valence-corrected chi connectivity index (χ1v) is 11.2. The van der Waals surface area contributed by atoms with E-state index in [4.69, 9.17) is 33.5 Å². The van der Waals surface area contributed by atoms with E-state index in [0.717, 1.165) is 4.90 Å². The number of ether oxygens (including phenoxy) is 1. The molecule has 0 spiro atoms. The van der Waals surface area contributed by atoms with Gasteiger partial charge in [-0.2, -0.15) is 0 Å². The number of carbonyl (C=O) groups excluding carboxylic acids is 1. The Balaban J connectivity index is 1.87. The first-order chi connectivity index (χ1) is 14.4. The molecule has 31 heavy (non-hydrogen) atoms. The minimum Gasteiger partial charge on any atom is -0.443 e. The maximum Gasteiger partial charge on any atom is 0.405 e. The van der Waals surface area contributed by atoms with Gasteiger partial charge < -0.3 is 26.8 Å². The molecule has 6 N–H and O–H groups in total. The Hall–Kier alpha value is -2.39. The average Bonchev–Trinajstić information content (AvgIpc) is 2.65. The van der Waals surface area contributed by atoms with Crippen LogP contribution in [0.2, 0.25) is 5.02 Å². The number of carbonyl (C=O) groups is 1. The summed E-state index contributed by atoms with van der Waals surface area (Å²) < 4.78 is 5.44. The quantitative estimate of drug-likeness (QED) is 0.569. The van der Waals surface area contributed by atoms with E-state index in [2.05, 4.69) is 35.6 Å². The Morgan fingerprint density at radius 2 is 2.06 bits per heavy atom. The minimum atomic E-state index is -0.755. The first kappa shape index (κ1) is 23.3. The number of halogens is 1. The third-order valence-electron chi connectivity index (χ3n) is 5.48. The molecule has 1 aromatic heterocycles. The smallest absolute Gasteiger partial charge is 0.405 e. The summed E-state index contributed by atoms with van der Waals surface area (Å²) in [7, 11) is 0. The zero-order valence-corrected chi connectivity index (χ0v) is 19.8. The van der Waals surface area contributed by atoms with Gasteiger partial charge in [0.05, 0.1) is 16.9 Å². The van der Waals surface area contributed by atoms with Crippen LogP contribution in [0.5, 0.6) is 0 Å². The Morgan fingerprint density at radius 3 is 2.68 bits per heavy atom. The van der Waals surface area contributed by atoms with E-state index in [1.807, 2.05) is 19.1 Å². The predicted molar refractivity (Wildman–Crippen MR) is 125 cm³/mol. The Labute approximate surface area is 191 Å². The number of hydrogen-bond acceptors (Lipinski definition) is 8. The molecule has 2 atom stereocenters. The molecule has 0 radical (unpaired) electrons. The molecule has 2 heterocycles. The van der Waals surface area contributed by atoms with E-state index in [-0.39, 0.29) is 11.5 Å². The maximum absolute atomic E-state index is 11.4. The monoisotopic (exact) mass is 464 g/mol. The number of nitrogens with two attached hydrogens (primary N) is 3. The third kappa shape index (κ3) is 5.27. The molecule has 1 fully saturated rings. The van der Waals surface area contributed by atoms with Crippen LogP contribution in [-0.4, -0.2) is 34.2 Å². The van der Waals surface area contributed by atoms with Crippen molar-refractivity contribution in [3.63, 3.8) is 0 Å². The van der Waals surface area contributed by atoms with Gasteiger partial charge >= 0.3 is 6.09 Å². The number of aromatic nitrogens is 2. The van der Waals surface area contributed by atoms with Crippen molar-refractivity contribution in [1.82, 2.24) is 9.97 Å². The van der Waals surface area contributed by atoms with Crippen molar-refractivity contribution in [2.75, 3.05) is 22.9 Å². The molecular formula is C21H29ClN6O2S. The van der Waals surface area contributed by atoms with Gasteiger partial charge in [-0.1, -0.05) is 50.2 Å². The SMILES string of the molecule is CC1(OC(N)=O)CCN(c2cnc(Sc3cccc(N)c3Cl)c(N)n2)C(C(C)(C)C)C1. The van der Waals surface area contributed by atoms with Gasteiger partial charge in [-0.15, -0.1) is 0 Å². The second-order valence-electron chi connectivity index (χ2n) is 9.08. The molecule has 0 aliphatic carbocycles. The van der Waals surface area contributed by atoms with E-state index in [0.29, 0.717) is 46.8 Å². The van der Waals surface area contributed by atoms with E-state index in [1.54, 1.807) is 12.3 Å². The summed E-state index contributed by atoms with van der Waals surface area (Å²) in [6.45, 7) is 8.98. The fourth-order valence-corrected chi connectivity index (χ4v) is 4.89. The number of nitrogen functional groups attached to an aromatic ring is 2. The topological polar surface area (TPSA) is 133 Å². The fourth-order valence-electron chi connectivity index (χ4n) is 3.83. The van der Waals surface area contributed by atoms with Crippen LogP contribution in [0.1, 0.15) is 40.5 Å². The van der Waals surface area contributed by atoms with Gasteiger partial charge in [0.25, 0.3) is 0 Å². The molecule has 0 saturated carbocycles. The van der Waals surface area contributed by atoms with Crippen LogP contribution in [0.4, 0.5) is 22.1 Å². The molecule has 1 aliphatic rings. The number of amides is 1. The zero-order chi connectivity index (χ0) is 23.0. The zero-order valence-electron chi connectivity index (χ0n) is 18.2. The lowest BCUT2D eigenvalue weighted by Crippen LogP contribution is -2.56. The van der Waals surface area contributed by atoms with Crippen LogP contribution >= 0.6 is 23.4 Å². The van der Waals surface area contributed by atoms with Gasteiger partial charge in [-0.05, 0) is 24.5 Å². The Bertz CT molecular complexity index is 983. The van der Waals surface area contributed by atoms with Gasteiger partial charge in [0.2, 0.25) is 0 Å². The van der Waals surface area contributed by atoms with Crippen LogP contribution in [0, 0.1) is 5.41 Å². The van der Waals surface area contributed by atoms with Crippen molar-refractivity contribution in [3.8, 4) is 0 Å². The molecular weight excluding hydrogens is 436 g/mol. The van der Waals surface area contributed by atoms with Crippen molar-refractivity contribution in [3.05, 3.63) is 29.4 Å². The van der Waals surface area contributed by atoms with Gasteiger partial charge in [0.1, 0.15) is 16.4 Å². The number of hydrogen-bond donors (Lipinski definition) is 3. The first-order valence-electron chi connectivity index (χ1n) is 9.99. The van der Waals surface area contributed by atoms with Crippen molar-refractivity contribution >= 4 is 46.8 Å². The number of anilines is 3. The van der Waals surface area contributed by atoms with Crippen LogP contribution in [0.3, 0.4) is 0 Å². The van der Waals surface area contributed by atoms with Crippen molar-refractivity contribution in [2.45, 2.75) is 62.1 Å². The van der Waals surface area contributed by atoms with Gasteiger partial charge in [-0.3, -0.25) is 0 Å². The molecule has 2 unspecified atom stereocenters. The molecule has 168 valence electrons. The molecule has 3 rings (SSSR count). The summed E-state index contributed by atoms with van der Waals surface area (Å²) >= 11 is 7.62. The van der Waals surface area contributed by atoms with Crippen molar-refractivity contribution in [2.24, 2.45) is 11.1 Å².